The second-order valence-electron chi connectivity index (χ2n) is 7.70. The maximum Gasteiger partial charge on any atom is 0.330 e. The maximum atomic E-state index is 12.3. The predicted molar refractivity (Wildman–Crippen MR) is 109 cm³/mol. The highest BCUT2D eigenvalue weighted by molar-refractivity contribution is 8.14. The summed E-state index contributed by atoms with van der Waals surface area (Å²) in [6, 6.07) is -0.498. The average Bonchev–Trinajstić information content (AvgIpc) is 3.06. The van der Waals surface area contributed by atoms with Crippen LogP contribution >= 0.6 is 11.8 Å². The molecule has 6 nitrogen and oxygen atoms in total. The first kappa shape index (κ1) is 21.1. The number of thioether (sulfide) groups is 1. The number of hydrogen-bond acceptors (Lipinski definition) is 6. The molecule has 3 rings (SSSR count). The lowest BCUT2D eigenvalue weighted by Gasteiger charge is -2.43. The third-order valence-electron chi connectivity index (χ3n) is 5.27. The minimum Gasteiger partial charge on any atom is -0.459 e. The molecule has 2 fully saturated rings. The first-order valence-electron chi connectivity index (χ1n) is 9.97. The number of hydrogen-bond donors (Lipinski definition) is 2. The summed E-state index contributed by atoms with van der Waals surface area (Å²) in [5, 5.41) is 13.7. The Balaban J connectivity index is 1.75. The van der Waals surface area contributed by atoms with Gasteiger partial charge in [-0.3, -0.25) is 4.79 Å². The van der Waals surface area contributed by atoms with E-state index in [4.69, 9.17) is 9.47 Å². The van der Waals surface area contributed by atoms with Crippen molar-refractivity contribution in [1.82, 2.24) is 5.32 Å². The van der Waals surface area contributed by atoms with Gasteiger partial charge in [0, 0.05) is 24.7 Å². The van der Waals surface area contributed by atoms with Gasteiger partial charge in [-0.15, -0.1) is 0 Å². The van der Waals surface area contributed by atoms with Crippen LogP contribution in [0.15, 0.2) is 36.0 Å². The fourth-order valence-electron chi connectivity index (χ4n) is 3.80. The molecule has 3 aliphatic heterocycles. The van der Waals surface area contributed by atoms with Gasteiger partial charge in [-0.05, 0) is 39.0 Å². The number of nitrogens with one attached hydrogen (secondary N) is 1. The highest BCUT2D eigenvalue weighted by atomic mass is 32.2. The van der Waals surface area contributed by atoms with Crippen molar-refractivity contribution >= 4 is 23.0 Å². The topological polar surface area (TPSA) is 84.9 Å². The lowest BCUT2D eigenvalue weighted by molar-refractivity contribution is -0.283. The molecule has 1 amide bonds. The number of aliphatic hydroxyl groups is 1. The van der Waals surface area contributed by atoms with Crippen LogP contribution in [0.5, 0.6) is 0 Å². The Labute approximate surface area is 170 Å². The third-order valence-corrected chi connectivity index (χ3v) is 6.15. The Hall–Kier alpha value is -1.57. The standard InChI is InChI=1S/C21H29NO5S/c1-15-9-7-5-3-2-4-6-8-10-16-12-17(26-19(23)11-15)13-21(25,27-16)18-14-28-20(24)22-18/h2-5,11,16-18,25H,6-10,12-14H2,1H3,(H,22,24)/b4-2-,5-3+,15-11-/t16-,17?,18?,21?/m1/s1. The van der Waals surface area contributed by atoms with Gasteiger partial charge in [0.25, 0.3) is 5.24 Å². The van der Waals surface area contributed by atoms with E-state index in [9.17, 15) is 14.7 Å². The molecule has 0 aromatic rings. The summed E-state index contributed by atoms with van der Waals surface area (Å²) in [5.74, 6) is -1.46. The smallest absolute Gasteiger partial charge is 0.330 e. The van der Waals surface area contributed by atoms with Gasteiger partial charge in [-0.1, -0.05) is 41.6 Å². The first-order chi connectivity index (χ1) is 13.4. The van der Waals surface area contributed by atoms with E-state index in [2.05, 4.69) is 17.5 Å². The van der Waals surface area contributed by atoms with Gasteiger partial charge in [0.1, 0.15) is 6.10 Å². The normalized spacial score (nSPS) is 39.4. The summed E-state index contributed by atoms with van der Waals surface area (Å²) >= 11 is 1.14. The summed E-state index contributed by atoms with van der Waals surface area (Å²) in [5.41, 5.74) is 0.962. The highest BCUT2D eigenvalue weighted by Gasteiger charge is 2.49. The zero-order valence-corrected chi connectivity index (χ0v) is 17.1. The predicted octanol–water partition coefficient (Wildman–Crippen LogP) is 3.61. The molecule has 0 aromatic heterocycles. The summed E-state index contributed by atoms with van der Waals surface area (Å²) in [6.45, 7) is 1.92. The van der Waals surface area contributed by atoms with Crippen LogP contribution in [0.1, 0.15) is 51.9 Å². The Morgan fingerprint density at radius 1 is 1.21 bits per heavy atom. The zero-order valence-electron chi connectivity index (χ0n) is 16.3. The Bertz CT molecular complexity index is 674. The molecule has 28 heavy (non-hydrogen) atoms. The van der Waals surface area contributed by atoms with Gasteiger partial charge in [0.2, 0.25) is 0 Å². The molecule has 0 aromatic carbocycles. The van der Waals surface area contributed by atoms with Crippen molar-refractivity contribution < 1.29 is 24.2 Å². The number of amides is 1. The first-order valence-corrected chi connectivity index (χ1v) is 11.0. The zero-order chi connectivity index (χ0) is 20.0. The molecule has 2 bridgehead atoms. The van der Waals surface area contributed by atoms with Crippen LogP contribution in [0, 0.1) is 0 Å². The van der Waals surface area contributed by atoms with E-state index in [1.54, 1.807) is 0 Å². The summed E-state index contributed by atoms with van der Waals surface area (Å²) in [7, 11) is 0. The molecular weight excluding hydrogens is 378 g/mol. The second kappa shape index (κ2) is 9.76. The largest absolute Gasteiger partial charge is 0.459 e. The van der Waals surface area contributed by atoms with Gasteiger partial charge in [0.15, 0.2) is 5.79 Å². The molecule has 154 valence electrons. The number of carbonyl (C=O) groups excluding carboxylic acids is 2. The van der Waals surface area contributed by atoms with E-state index in [0.717, 1.165) is 49.4 Å². The minimum absolute atomic E-state index is 0.163. The number of carbonyl (C=O) groups is 2. The van der Waals surface area contributed by atoms with Crippen LogP contribution < -0.4 is 5.32 Å². The van der Waals surface area contributed by atoms with Gasteiger partial charge in [-0.2, -0.15) is 0 Å². The Morgan fingerprint density at radius 2 is 2.00 bits per heavy atom. The van der Waals surface area contributed by atoms with Crippen molar-refractivity contribution in [1.29, 1.82) is 0 Å². The SMILES string of the molecule is C/C1=C/C(=O)OC2C[C@@H](CCC/C=C\C=C\CC1)OC(O)(C1CSC(=O)N1)C2. The van der Waals surface area contributed by atoms with Crippen LogP contribution in [0.4, 0.5) is 4.79 Å². The fourth-order valence-corrected chi connectivity index (χ4v) is 4.69. The molecule has 2 N–H and O–H groups in total. The Morgan fingerprint density at radius 3 is 2.75 bits per heavy atom. The van der Waals surface area contributed by atoms with E-state index in [1.165, 1.54) is 6.08 Å². The van der Waals surface area contributed by atoms with Crippen LogP contribution in [-0.4, -0.2) is 46.1 Å². The van der Waals surface area contributed by atoms with Crippen molar-refractivity contribution in [3.8, 4) is 0 Å². The molecule has 7 heteroatoms. The van der Waals surface area contributed by atoms with Gasteiger partial charge in [0.05, 0.1) is 12.1 Å². The number of esters is 1. The van der Waals surface area contributed by atoms with Gasteiger partial charge in [-0.25, -0.2) is 4.79 Å². The number of ether oxygens (including phenoxy) is 2. The van der Waals surface area contributed by atoms with E-state index >= 15 is 0 Å². The van der Waals surface area contributed by atoms with Gasteiger partial charge >= 0.3 is 5.97 Å². The van der Waals surface area contributed by atoms with Crippen LogP contribution in [-0.2, 0) is 14.3 Å². The number of allylic oxidation sites excluding steroid dienone is 5. The minimum atomic E-state index is -1.52. The summed E-state index contributed by atoms with van der Waals surface area (Å²) in [4.78, 5) is 23.9. The fraction of sp³-hybridized carbons (Fsp3) is 0.619. The van der Waals surface area contributed by atoms with E-state index < -0.39 is 17.9 Å². The molecule has 0 saturated carbocycles. The van der Waals surface area contributed by atoms with Crippen molar-refractivity contribution in [3.05, 3.63) is 36.0 Å². The van der Waals surface area contributed by atoms with Crippen molar-refractivity contribution in [2.24, 2.45) is 0 Å². The number of fused-ring (bicyclic) bond motifs is 2. The molecule has 0 aliphatic carbocycles. The molecular formula is C21H29NO5S. The summed E-state index contributed by atoms with van der Waals surface area (Å²) in [6.07, 6.45) is 14.2. The van der Waals surface area contributed by atoms with Gasteiger partial charge < -0.3 is 19.9 Å². The number of rotatable bonds is 1. The van der Waals surface area contributed by atoms with Crippen molar-refractivity contribution in [3.63, 3.8) is 0 Å². The van der Waals surface area contributed by atoms with Crippen molar-refractivity contribution in [2.75, 3.05) is 5.75 Å². The molecule has 4 atom stereocenters. The maximum absolute atomic E-state index is 12.3. The lowest BCUT2D eigenvalue weighted by Crippen LogP contribution is -2.58. The van der Waals surface area contributed by atoms with Crippen LogP contribution in [0.25, 0.3) is 0 Å². The lowest BCUT2D eigenvalue weighted by atomic mass is 9.91. The third kappa shape index (κ3) is 5.96. The van der Waals surface area contributed by atoms with E-state index in [-0.39, 0.29) is 23.7 Å². The molecule has 0 radical (unpaired) electrons. The average molecular weight is 408 g/mol. The molecule has 3 aliphatic rings. The molecule has 2 saturated heterocycles. The van der Waals surface area contributed by atoms with E-state index in [1.807, 2.05) is 19.1 Å². The quantitative estimate of drug-likeness (QED) is 0.646. The molecule has 3 unspecified atom stereocenters. The van der Waals surface area contributed by atoms with Crippen LogP contribution in [0.3, 0.4) is 0 Å². The Kier molecular flexibility index (Phi) is 7.37. The monoisotopic (exact) mass is 407 g/mol. The highest BCUT2D eigenvalue weighted by Crippen LogP contribution is 2.36. The van der Waals surface area contributed by atoms with E-state index in [0.29, 0.717) is 12.2 Å². The summed E-state index contributed by atoms with van der Waals surface area (Å²) < 4.78 is 11.7. The van der Waals surface area contributed by atoms with Crippen LogP contribution in [0.2, 0.25) is 0 Å². The second-order valence-corrected chi connectivity index (χ2v) is 8.69. The van der Waals surface area contributed by atoms with Crippen molar-refractivity contribution in [2.45, 2.75) is 75.9 Å². The molecule has 0 spiro atoms. The molecule has 3 heterocycles.